The molecule has 9 heteroatoms. The maximum atomic E-state index is 13.3. The van der Waals surface area contributed by atoms with Crippen LogP contribution in [-0.2, 0) is 17.9 Å². The summed E-state index contributed by atoms with van der Waals surface area (Å²) in [6, 6.07) is 5.69. The molecule has 2 heterocycles. The molecule has 1 aromatic carbocycles. The predicted molar refractivity (Wildman–Crippen MR) is 98.7 cm³/mol. The van der Waals surface area contributed by atoms with Crippen molar-refractivity contribution >= 4 is 29.3 Å². The van der Waals surface area contributed by atoms with E-state index >= 15 is 0 Å². The molecule has 1 N–H and O–H groups in total. The molecule has 3 aromatic rings. The quantitative estimate of drug-likeness (QED) is 0.631. The minimum Gasteiger partial charge on any atom is -0.346 e. The van der Waals surface area contributed by atoms with Crippen molar-refractivity contribution in [1.82, 2.24) is 20.3 Å². The van der Waals surface area contributed by atoms with E-state index in [4.69, 9.17) is 0 Å². The van der Waals surface area contributed by atoms with Gasteiger partial charge < -0.3 is 10.2 Å². The van der Waals surface area contributed by atoms with Crippen LogP contribution in [0.1, 0.15) is 26.1 Å². The SMILES string of the molecule is Cc1ncc(CNC(=O)c2cnc(CN(C=O)c3cccc(F)c3)cn2)s1. The average molecular weight is 385 g/mol. The molecule has 0 radical (unpaired) electrons. The van der Waals surface area contributed by atoms with Crippen molar-refractivity contribution in [3.63, 3.8) is 0 Å². The second kappa shape index (κ2) is 8.45. The number of aromatic nitrogens is 3. The molecule has 0 spiro atoms. The first-order valence-corrected chi connectivity index (χ1v) is 8.85. The number of hydrogen-bond donors (Lipinski definition) is 1. The fourth-order valence-electron chi connectivity index (χ4n) is 2.32. The van der Waals surface area contributed by atoms with Crippen LogP contribution in [0.15, 0.2) is 42.9 Å². The summed E-state index contributed by atoms with van der Waals surface area (Å²) in [7, 11) is 0. The van der Waals surface area contributed by atoms with Gasteiger partial charge in [0.25, 0.3) is 5.91 Å². The zero-order valence-electron chi connectivity index (χ0n) is 14.4. The van der Waals surface area contributed by atoms with Gasteiger partial charge in [-0.2, -0.15) is 0 Å². The third kappa shape index (κ3) is 4.91. The number of hydrogen-bond acceptors (Lipinski definition) is 6. The lowest BCUT2D eigenvalue weighted by molar-refractivity contribution is -0.107. The Labute approximate surface area is 158 Å². The average Bonchev–Trinajstić information content (AvgIpc) is 3.10. The maximum absolute atomic E-state index is 13.3. The van der Waals surface area contributed by atoms with E-state index < -0.39 is 5.82 Å². The van der Waals surface area contributed by atoms with Crippen LogP contribution in [0.4, 0.5) is 10.1 Å². The van der Waals surface area contributed by atoms with Gasteiger partial charge in [0.15, 0.2) is 0 Å². The number of halogens is 1. The molecule has 0 atom stereocenters. The molecule has 0 aliphatic carbocycles. The minimum absolute atomic E-state index is 0.113. The number of nitrogens with zero attached hydrogens (tertiary/aromatic N) is 4. The van der Waals surface area contributed by atoms with Crippen LogP contribution < -0.4 is 10.2 Å². The van der Waals surface area contributed by atoms with Gasteiger partial charge in [0.05, 0.1) is 36.2 Å². The molecule has 0 saturated carbocycles. The minimum atomic E-state index is -0.436. The Kier molecular flexibility index (Phi) is 5.82. The van der Waals surface area contributed by atoms with Crippen molar-refractivity contribution in [2.45, 2.75) is 20.0 Å². The third-order valence-electron chi connectivity index (χ3n) is 3.63. The fourth-order valence-corrected chi connectivity index (χ4v) is 3.05. The third-order valence-corrected chi connectivity index (χ3v) is 4.54. The Morgan fingerprint density at radius 1 is 1.26 bits per heavy atom. The number of nitrogens with one attached hydrogen (secondary N) is 1. The zero-order valence-corrected chi connectivity index (χ0v) is 15.2. The van der Waals surface area contributed by atoms with Gasteiger partial charge in [0.2, 0.25) is 6.41 Å². The lowest BCUT2D eigenvalue weighted by atomic mass is 10.2. The summed E-state index contributed by atoms with van der Waals surface area (Å²) in [6.07, 6.45) is 5.07. The van der Waals surface area contributed by atoms with Crippen LogP contribution in [0.3, 0.4) is 0 Å². The molecule has 0 fully saturated rings. The predicted octanol–water partition coefficient (Wildman–Crippen LogP) is 2.47. The Morgan fingerprint density at radius 3 is 2.74 bits per heavy atom. The van der Waals surface area contributed by atoms with Crippen molar-refractivity contribution in [2.24, 2.45) is 0 Å². The van der Waals surface area contributed by atoms with Gasteiger partial charge in [0, 0.05) is 16.8 Å². The molecule has 0 aliphatic rings. The summed E-state index contributed by atoms with van der Waals surface area (Å²) in [5.74, 6) is -0.786. The number of carbonyl (C=O) groups is 2. The van der Waals surface area contributed by atoms with E-state index in [0.717, 1.165) is 9.88 Å². The van der Waals surface area contributed by atoms with E-state index in [1.165, 1.54) is 46.8 Å². The number of anilines is 1. The number of amides is 2. The summed E-state index contributed by atoms with van der Waals surface area (Å²) in [6.45, 7) is 2.38. The van der Waals surface area contributed by atoms with Crippen molar-refractivity contribution in [2.75, 3.05) is 4.90 Å². The number of carbonyl (C=O) groups excluding carboxylic acids is 2. The summed E-state index contributed by atoms with van der Waals surface area (Å²) in [4.78, 5) is 38.1. The molecule has 0 saturated heterocycles. The van der Waals surface area contributed by atoms with E-state index in [9.17, 15) is 14.0 Å². The normalized spacial score (nSPS) is 10.4. The Bertz CT molecular complexity index is 945. The topological polar surface area (TPSA) is 88.1 Å². The molecule has 27 heavy (non-hydrogen) atoms. The van der Waals surface area contributed by atoms with Crippen LogP contribution in [0.25, 0.3) is 0 Å². The van der Waals surface area contributed by atoms with E-state index in [0.29, 0.717) is 24.3 Å². The van der Waals surface area contributed by atoms with Crippen molar-refractivity contribution in [3.8, 4) is 0 Å². The first-order valence-electron chi connectivity index (χ1n) is 8.03. The highest BCUT2D eigenvalue weighted by molar-refractivity contribution is 7.11. The molecular formula is C18H16FN5O2S. The number of aryl methyl sites for hydroxylation is 1. The number of benzene rings is 1. The highest BCUT2D eigenvalue weighted by Crippen LogP contribution is 2.16. The van der Waals surface area contributed by atoms with Gasteiger partial charge in [-0.15, -0.1) is 11.3 Å². The lowest BCUT2D eigenvalue weighted by Crippen LogP contribution is -2.24. The van der Waals surface area contributed by atoms with Crippen LogP contribution in [0, 0.1) is 12.7 Å². The molecule has 0 aliphatic heterocycles. The first kappa shape index (κ1) is 18.6. The fraction of sp³-hybridized carbons (Fsp3) is 0.167. The van der Waals surface area contributed by atoms with Gasteiger partial charge >= 0.3 is 0 Å². The highest BCUT2D eigenvalue weighted by Gasteiger charge is 2.11. The summed E-state index contributed by atoms with van der Waals surface area (Å²) >= 11 is 1.51. The van der Waals surface area contributed by atoms with E-state index in [2.05, 4.69) is 20.3 Å². The molecular weight excluding hydrogens is 369 g/mol. The Balaban J connectivity index is 1.62. The van der Waals surface area contributed by atoms with Crippen LogP contribution in [0.2, 0.25) is 0 Å². The standard InChI is InChI=1S/C18H16FN5O2S/c1-12-20-7-16(27-12)8-23-18(26)17-9-21-14(6-22-17)10-24(11-25)15-4-2-3-13(19)5-15/h2-7,9,11H,8,10H2,1H3,(H,23,26). The molecule has 7 nitrogen and oxygen atoms in total. The van der Waals surface area contributed by atoms with E-state index in [-0.39, 0.29) is 18.1 Å². The largest absolute Gasteiger partial charge is 0.346 e. The molecule has 2 amide bonds. The lowest BCUT2D eigenvalue weighted by Gasteiger charge is -2.16. The summed E-state index contributed by atoms with van der Waals surface area (Å²) < 4.78 is 13.3. The molecule has 138 valence electrons. The van der Waals surface area contributed by atoms with Gasteiger partial charge in [-0.25, -0.2) is 14.4 Å². The van der Waals surface area contributed by atoms with Crippen LogP contribution >= 0.6 is 11.3 Å². The molecule has 0 bridgehead atoms. The van der Waals surface area contributed by atoms with Crippen molar-refractivity contribution < 1.29 is 14.0 Å². The highest BCUT2D eigenvalue weighted by atomic mass is 32.1. The Hall–Kier alpha value is -3.20. The van der Waals surface area contributed by atoms with Crippen molar-refractivity contribution in [1.29, 1.82) is 0 Å². The zero-order chi connectivity index (χ0) is 19.2. The maximum Gasteiger partial charge on any atom is 0.271 e. The molecule has 0 unspecified atom stereocenters. The summed E-state index contributed by atoms with van der Waals surface area (Å²) in [5, 5.41) is 3.68. The van der Waals surface area contributed by atoms with Crippen LogP contribution in [0.5, 0.6) is 0 Å². The molecule has 3 rings (SSSR count). The first-order chi connectivity index (χ1) is 13.0. The van der Waals surface area contributed by atoms with Crippen molar-refractivity contribution in [3.05, 3.63) is 69.9 Å². The number of thiazole rings is 1. The second-order valence-electron chi connectivity index (χ2n) is 5.63. The van der Waals surface area contributed by atoms with E-state index in [1.807, 2.05) is 6.92 Å². The number of rotatable bonds is 7. The monoisotopic (exact) mass is 385 g/mol. The smallest absolute Gasteiger partial charge is 0.271 e. The van der Waals surface area contributed by atoms with Gasteiger partial charge in [-0.05, 0) is 25.1 Å². The van der Waals surface area contributed by atoms with E-state index in [1.54, 1.807) is 12.3 Å². The second-order valence-corrected chi connectivity index (χ2v) is 6.95. The molecule has 2 aromatic heterocycles. The van der Waals surface area contributed by atoms with Crippen LogP contribution in [-0.4, -0.2) is 27.3 Å². The summed E-state index contributed by atoms with van der Waals surface area (Å²) in [5.41, 5.74) is 1.05. The van der Waals surface area contributed by atoms with Gasteiger partial charge in [-0.1, -0.05) is 6.07 Å². The van der Waals surface area contributed by atoms with Gasteiger partial charge in [-0.3, -0.25) is 14.6 Å². The van der Waals surface area contributed by atoms with Gasteiger partial charge in [0.1, 0.15) is 11.5 Å². The Morgan fingerprint density at radius 2 is 2.11 bits per heavy atom.